The molecule has 0 bridgehead atoms. The van der Waals surface area contributed by atoms with Gasteiger partial charge in [0.05, 0.1) is 27.4 Å². The largest absolute Gasteiger partial charge is 0.493 e. The lowest BCUT2D eigenvalue weighted by Crippen LogP contribution is -2.15. The monoisotopic (exact) mass is 317 g/mol. The van der Waals surface area contributed by atoms with Crippen LogP contribution in [0.15, 0.2) is 16.6 Å². The van der Waals surface area contributed by atoms with Gasteiger partial charge in [0.25, 0.3) is 0 Å². The van der Waals surface area contributed by atoms with Crippen molar-refractivity contribution in [3.05, 3.63) is 22.2 Å². The topological polar surface area (TPSA) is 39.7 Å². The minimum absolute atomic E-state index is 0.690. The van der Waals surface area contributed by atoms with Crippen molar-refractivity contribution in [3.8, 4) is 11.5 Å². The summed E-state index contributed by atoms with van der Waals surface area (Å²) in [5.74, 6) is 1.47. The Bertz CT molecular complexity index is 371. The lowest BCUT2D eigenvalue weighted by atomic mass is 10.1. The second kappa shape index (κ2) is 8.34. The smallest absolute Gasteiger partial charge is 0.161 e. The third-order valence-corrected chi connectivity index (χ3v) is 3.30. The SMILES string of the molecule is CNCCOCCc1cc(OC)c(OC)cc1Br. The van der Waals surface area contributed by atoms with E-state index in [-0.39, 0.29) is 0 Å². The van der Waals surface area contributed by atoms with Crippen molar-refractivity contribution in [1.82, 2.24) is 5.32 Å². The lowest BCUT2D eigenvalue weighted by molar-refractivity contribution is 0.140. The molecule has 0 heterocycles. The van der Waals surface area contributed by atoms with Gasteiger partial charge in [-0.05, 0) is 31.2 Å². The molecule has 0 fully saturated rings. The fraction of sp³-hybridized carbons (Fsp3) is 0.538. The van der Waals surface area contributed by atoms with Crippen molar-refractivity contribution >= 4 is 15.9 Å². The maximum atomic E-state index is 5.51. The fourth-order valence-electron chi connectivity index (χ4n) is 1.55. The number of nitrogens with one attached hydrogen (secondary N) is 1. The summed E-state index contributed by atoms with van der Waals surface area (Å²) >= 11 is 3.53. The molecule has 0 aliphatic rings. The van der Waals surface area contributed by atoms with Crippen molar-refractivity contribution in [2.45, 2.75) is 6.42 Å². The zero-order valence-corrected chi connectivity index (χ0v) is 12.7. The molecular formula is C13H20BrNO3. The summed E-state index contributed by atoms with van der Waals surface area (Å²) in [6.07, 6.45) is 0.838. The van der Waals surface area contributed by atoms with Crippen LogP contribution in [0.4, 0.5) is 0 Å². The number of halogens is 1. The van der Waals surface area contributed by atoms with E-state index in [1.807, 2.05) is 19.2 Å². The van der Waals surface area contributed by atoms with Crippen LogP contribution >= 0.6 is 15.9 Å². The lowest BCUT2D eigenvalue weighted by Gasteiger charge is -2.12. The molecule has 102 valence electrons. The Hall–Kier alpha value is -0.780. The molecule has 1 aromatic rings. The van der Waals surface area contributed by atoms with E-state index in [9.17, 15) is 0 Å². The van der Waals surface area contributed by atoms with Gasteiger partial charge in [-0.2, -0.15) is 0 Å². The van der Waals surface area contributed by atoms with Crippen LogP contribution in [-0.4, -0.2) is 41.0 Å². The van der Waals surface area contributed by atoms with Crippen LogP contribution in [0.2, 0.25) is 0 Å². The zero-order valence-electron chi connectivity index (χ0n) is 11.1. The first-order chi connectivity index (χ1) is 8.72. The quantitative estimate of drug-likeness (QED) is 0.746. The van der Waals surface area contributed by atoms with Crippen molar-refractivity contribution in [3.63, 3.8) is 0 Å². The normalized spacial score (nSPS) is 10.4. The molecule has 0 aliphatic heterocycles. The molecule has 0 aromatic heterocycles. The summed E-state index contributed by atoms with van der Waals surface area (Å²) in [5.41, 5.74) is 1.15. The molecule has 0 radical (unpaired) electrons. The molecule has 0 saturated carbocycles. The standard InChI is InChI=1S/C13H20BrNO3/c1-15-5-7-18-6-4-10-8-12(16-2)13(17-3)9-11(10)14/h8-9,15H,4-7H2,1-3H3. The molecule has 18 heavy (non-hydrogen) atoms. The molecule has 5 heteroatoms. The summed E-state index contributed by atoms with van der Waals surface area (Å²) in [4.78, 5) is 0. The maximum Gasteiger partial charge on any atom is 0.161 e. The van der Waals surface area contributed by atoms with E-state index in [1.54, 1.807) is 14.2 Å². The average Bonchev–Trinajstić information content (AvgIpc) is 2.39. The minimum atomic E-state index is 0.690. The summed E-state index contributed by atoms with van der Waals surface area (Å²) in [7, 11) is 5.18. The van der Waals surface area contributed by atoms with Gasteiger partial charge >= 0.3 is 0 Å². The van der Waals surface area contributed by atoms with Gasteiger partial charge in [-0.3, -0.25) is 0 Å². The van der Waals surface area contributed by atoms with E-state index >= 15 is 0 Å². The Morgan fingerprint density at radius 1 is 1.11 bits per heavy atom. The predicted octanol–water partition coefficient (Wildman–Crippen LogP) is 2.24. The molecule has 0 spiro atoms. The van der Waals surface area contributed by atoms with Crippen LogP contribution in [0.1, 0.15) is 5.56 Å². The Balaban J connectivity index is 2.59. The highest BCUT2D eigenvalue weighted by Crippen LogP contribution is 2.33. The maximum absolute atomic E-state index is 5.51. The molecule has 1 rings (SSSR count). The van der Waals surface area contributed by atoms with Gasteiger partial charge < -0.3 is 19.5 Å². The van der Waals surface area contributed by atoms with E-state index in [1.165, 1.54) is 0 Å². The summed E-state index contributed by atoms with van der Waals surface area (Å²) < 4.78 is 17.0. The summed E-state index contributed by atoms with van der Waals surface area (Å²) in [5, 5.41) is 3.04. The van der Waals surface area contributed by atoms with Crippen LogP contribution < -0.4 is 14.8 Å². The molecule has 0 atom stereocenters. The van der Waals surface area contributed by atoms with Gasteiger partial charge in [0.1, 0.15) is 0 Å². The molecule has 0 amide bonds. The minimum Gasteiger partial charge on any atom is -0.493 e. The van der Waals surface area contributed by atoms with Crippen LogP contribution in [-0.2, 0) is 11.2 Å². The third kappa shape index (κ3) is 4.48. The van der Waals surface area contributed by atoms with Crippen molar-refractivity contribution in [2.75, 3.05) is 41.0 Å². The molecule has 1 aromatic carbocycles. The van der Waals surface area contributed by atoms with Crippen molar-refractivity contribution in [2.24, 2.45) is 0 Å². The Morgan fingerprint density at radius 3 is 2.39 bits per heavy atom. The number of hydrogen-bond donors (Lipinski definition) is 1. The second-order valence-electron chi connectivity index (χ2n) is 3.76. The van der Waals surface area contributed by atoms with E-state index in [2.05, 4.69) is 21.2 Å². The Kier molecular flexibility index (Phi) is 7.08. The molecular weight excluding hydrogens is 298 g/mol. The van der Waals surface area contributed by atoms with E-state index in [0.29, 0.717) is 6.61 Å². The first-order valence-electron chi connectivity index (χ1n) is 5.85. The van der Waals surface area contributed by atoms with Crippen molar-refractivity contribution < 1.29 is 14.2 Å². The number of rotatable bonds is 8. The Labute approximate surface area is 117 Å². The first kappa shape index (κ1) is 15.3. The van der Waals surface area contributed by atoms with E-state index in [4.69, 9.17) is 14.2 Å². The van der Waals surface area contributed by atoms with Crippen LogP contribution in [0, 0.1) is 0 Å². The highest BCUT2D eigenvalue weighted by molar-refractivity contribution is 9.10. The zero-order chi connectivity index (χ0) is 13.4. The van der Waals surface area contributed by atoms with Gasteiger partial charge in [-0.25, -0.2) is 0 Å². The fourth-order valence-corrected chi connectivity index (χ4v) is 2.07. The summed E-state index contributed by atoms with van der Waals surface area (Å²) in [6.45, 7) is 2.28. The average molecular weight is 318 g/mol. The van der Waals surface area contributed by atoms with Gasteiger partial charge in [0, 0.05) is 11.0 Å². The number of methoxy groups -OCH3 is 2. The second-order valence-corrected chi connectivity index (χ2v) is 4.62. The molecule has 0 aliphatic carbocycles. The third-order valence-electron chi connectivity index (χ3n) is 2.56. The van der Waals surface area contributed by atoms with Gasteiger partial charge in [0.15, 0.2) is 11.5 Å². The molecule has 0 saturated heterocycles. The van der Waals surface area contributed by atoms with Gasteiger partial charge in [0.2, 0.25) is 0 Å². The number of hydrogen-bond acceptors (Lipinski definition) is 4. The molecule has 4 nitrogen and oxygen atoms in total. The van der Waals surface area contributed by atoms with Crippen molar-refractivity contribution in [1.29, 1.82) is 0 Å². The number of benzene rings is 1. The summed E-state index contributed by atoms with van der Waals surface area (Å²) in [6, 6.07) is 3.89. The van der Waals surface area contributed by atoms with E-state index in [0.717, 1.165) is 41.1 Å². The van der Waals surface area contributed by atoms with Crippen LogP contribution in [0.5, 0.6) is 11.5 Å². The van der Waals surface area contributed by atoms with Crippen LogP contribution in [0.25, 0.3) is 0 Å². The number of ether oxygens (including phenoxy) is 3. The number of likely N-dealkylation sites (N-methyl/N-ethyl adjacent to an activating group) is 1. The molecule has 0 unspecified atom stereocenters. The first-order valence-corrected chi connectivity index (χ1v) is 6.65. The van der Waals surface area contributed by atoms with Gasteiger partial charge in [-0.15, -0.1) is 0 Å². The Morgan fingerprint density at radius 2 is 1.78 bits per heavy atom. The predicted molar refractivity (Wildman–Crippen MR) is 75.7 cm³/mol. The highest BCUT2D eigenvalue weighted by Gasteiger charge is 2.09. The molecule has 1 N–H and O–H groups in total. The highest BCUT2D eigenvalue weighted by atomic mass is 79.9. The van der Waals surface area contributed by atoms with Crippen LogP contribution in [0.3, 0.4) is 0 Å². The van der Waals surface area contributed by atoms with E-state index < -0.39 is 0 Å². The van der Waals surface area contributed by atoms with Gasteiger partial charge in [-0.1, -0.05) is 15.9 Å².